The fourth-order valence-electron chi connectivity index (χ4n) is 4.02. The SMILES string of the molecule is Cc1cc(=O)n2nc(N3CCC[C@H]3C(=O)N[C@@H](C)c3ccc4c(c3)OCCO4)sc2n1. The first-order chi connectivity index (χ1) is 15.0. The van der Waals surface area contributed by atoms with E-state index in [1.54, 1.807) is 6.92 Å². The molecule has 2 atom stereocenters. The van der Waals surface area contributed by atoms with Gasteiger partial charge in [-0.3, -0.25) is 9.59 Å². The van der Waals surface area contributed by atoms with Crippen LogP contribution in [0, 0.1) is 6.92 Å². The molecule has 1 saturated heterocycles. The molecule has 1 fully saturated rings. The van der Waals surface area contributed by atoms with Crippen molar-refractivity contribution in [2.75, 3.05) is 24.7 Å². The average Bonchev–Trinajstić information content (AvgIpc) is 3.40. The minimum absolute atomic E-state index is 0.0596. The van der Waals surface area contributed by atoms with Crippen LogP contribution in [0.15, 0.2) is 29.1 Å². The van der Waals surface area contributed by atoms with E-state index in [0.717, 1.165) is 24.2 Å². The molecule has 0 saturated carbocycles. The van der Waals surface area contributed by atoms with Gasteiger partial charge in [0.2, 0.25) is 16.0 Å². The summed E-state index contributed by atoms with van der Waals surface area (Å²) in [6.45, 7) is 5.51. The molecule has 2 aromatic heterocycles. The summed E-state index contributed by atoms with van der Waals surface area (Å²) in [6, 6.07) is 6.67. The van der Waals surface area contributed by atoms with E-state index in [1.165, 1.54) is 21.9 Å². The second kappa shape index (κ2) is 7.84. The Balaban J connectivity index is 1.34. The Morgan fingerprint density at radius 1 is 1.26 bits per heavy atom. The van der Waals surface area contributed by atoms with Crippen LogP contribution in [0.4, 0.5) is 5.13 Å². The number of benzene rings is 1. The lowest BCUT2D eigenvalue weighted by molar-refractivity contribution is -0.122. The quantitative estimate of drug-likeness (QED) is 0.662. The van der Waals surface area contributed by atoms with Gasteiger partial charge in [0.15, 0.2) is 11.5 Å². The summed E-state index contributed by atoms with van der Waals surface area (Å²) in [5, 5.41) is 8.18. The second-order valence-electron chi connectivity index (χ2n) is 7.80. The van der Waals surface area contributed by atoms with E-state index in [4.69, 9.17) is 9.47 Å². The van der Waals surface area contributed by atoms with Gasteiger partial charge in [0.05, 0.1) is 6.04 Å². The highest BCUT2D eigenvalue weighted by Gasteiger charge is 2.34. The van der Waals surface area contributed by atoms with Gasteiger partial charge >= 0.3 is 0 Å². The molecule has 2 aliphatic rings. The summed E-state index contributed by atoms with van der Waals surface area (Å²) >= 11 is 1.33. The molecule has 0 aliphatic carbocycles. The summed E-state index contributed by atoms with van der Waals surface area (Å²) < 4.78 is 12.5. The van der Waals surface area contributed by atoms with Crippen molar-refractivity contribution in [3.05, 3.63) is 45.9 Å². The Hall–Kier alpha value is -3.14. The van der Waals surface area contributed by atoms with Crippen molar-refractivity contribution < 1.29 is 14.3 Å². The highest BCUT2D eigenvalue weighted by molar-refractivity contribution is 7.20. The van der Waals surface area contributed by atoms with Crippen molar-refractivity contribution in [2.24, 2.45) is 0 Å². The second-order valence-corrected chi connectivity index (χ2v) is 8.73. The van der Waals surface area contributed by atoms with E-state index >= 15 is 0 Å². The Morgan fingerprint density at radius 3 is 2.90 bits per heavy atom. The number of aromatic nitrogens is 3. The van der Waals surface area contributed by atoms with E-state index < -0.39 is 0 Å². The predicted molar refractivity (Wildman–Crippen MR) is 116 cm³/mol. The van der Waals surface area contributed by atoms with Gasteiger partial charge in [-0.05, 0) is 44.4 Å². The highest BCUT2D eigenvalue weighted by Crippen LogP contribution is 2.33. The van der Waals surface area contributed by atoms with Gasteiger partial charge in [-0.15, -0.1) is 5.10 Å². The summed E-state index contributed by atoms with van der Waals surface area (Å²) in [4.78, 5) is 32.2. The molecule has 3 aromatic rings. The zero-order chi connectivity index (χ0) is 21.5. The molecule has 0 bridgehead atoms. The number of carbonyl (C=O) groups excluding carboxylic acids is 1. The lowest BCUT2D eigenvalue weighted by Gasteiger charge is -2.25. The summed E-state index contributed by atoms with van der Waals surface area (Å²) in [6.07, 6.45) is 1.62. The molecule has 9 nitrogen and oxygen atoms in total. The van der Waals surface area contributed by atoms with Crippen LogP contribution in [-0.2, 0) is 4.79 Å². The molecule has 1 N–H and O–H groups in total. The molecule has 0 unspecified atom stereocenters. The molecular formula is C21H23N5O4S. The van der Waals surface area contributed by atoms with Crippen LogP contribution in [0.2, 0.25) is 0 Å². The highest BCUT2D eigenvalue weighted by atomic mass is 32.1. The Morgan fingerprint density at radius 2 is 2.06 bits per heavy atom. The number of aryl methyl sites for hydroxylation is 1. The number of anilines is 1. The molecular weight excluding hydrogens is 418 g/mol. The van der Waals surface area contributed by atoms with Gasteiger partial charge in [-0.25, -0.2) is 4.98 Å². The third-order valence-corrected chi connectivity index (χ3v) is 6.53. The average molecular weight is 442 g/mol. The first-order valence-electron chi connectivity index (χ1n) is 10.3. The Kier molecular flexibility index (Phi) is 5.01. The zero-order valence-electron chi connectivity index (χ0n) is 17.3. The van der Waals surface area contributed by atoms with Crippen LogP contribution in [0.25, 0.3) is 4.96 Å². The maximum Gasteiger partial charge on any atom is 0.275 e. The van der Waals surface area contributed by atoms with E-state index in [9.17, 15) is 9.59 Å². The van der Waals surface area contributed by atoms with Crippen LogP contribution in [0.1, 0.15) is 37.1 Å². The third kappa shape index (κ3) is 3.71. The Labute approximate surface area is 182 Å². The molecule has 0 spiro atoms. The fraction of sp³-hybridized carbons (Fsp3) is 0.429. The van der Waals surface area contributed by atoms with Crippen molar-refractivity contribution in [3.8, 4) is 11.5 Å². The molecule has 5 rings (SSSR count). The standard InChI is InChI=1S/C21H23N5O4S/c1-12-10-18(27)26-20(22-12)31-21(24-26)25-7-3-4-15(25)19(28)23-13(2)14-5-6-16-17(11-14)30-9-8-29-16/h5-6,10-11,13,15H,3-4,7-9H2,1-2H3,(H,23,28)/t13-,15-/m0/s1. The third-order valence-electron chi connectivity index (χ3n) is 5.59. The molecule has 0 radical (unpaired) electrons. The molecule has 4 heterocycles. The summed E-state index contributed by atoms with van der Waals surface area (Å²) in [5.74, 6) is 1.37. The number of fused-ring (bicyclic) bond motifs is 2. The fourth-order valence-corrected chi connectivity index (χ4v) is 5.05. The predicted octanol–water partition coefficient (Wildman–Crippen LogP) is 2.08. The minimum Gasteiger partial charge on any atom is -0.486 e. The smallest absolute Gasteiger partial charge is 0.275 e. The Bertz CT molecular complexity index is 1210. The van der Waals surface area contributed by atoms with Gasteiger partial charge in [0, 0.05) is 18.3 Å². The van der Waals surface area contributed by atoms with Gasteiger partial charge in [0.25, 0.3) is 5.56 Å². The first-order valence-corrected chi connectivity index (χ1v) is 11.2. The number of hydrogen-bond acceptors (Lipinski definition) is 8. The van der Waals surface area contributed by atoms with Crippen LogP contribution in [-0.4, -0.2) is 46.3 Å². The van der Waals surface area contributed by atoms with E-state index in [2.05, 4.69) is 15.4 Å². The molecule has 31 heavy (non-hydrogen) atoms. The largest absolute Gasteiger partial charge is 0.486 e. The summed E-state index contributed by atoms with van der Waals surface area (Å²) in [7, 11) is 0. The number of hydrogen-bond donors (Lipinski definition) is 1. The monoisotopic (exact) mass is 441 g/mol. The van der Waals surface area contributed by atoms with Crippen LogP contribution >= 0.6 is 11.3 Å². The number of rotatable bonds is 4. The van der Waals surface area contributed by atoms with Gasteiger partial charge in [0.1, 0.15) is 19.3 Å². The van der Waals surface area contributed by atoms with E-state index in [1.807, 2.05) is 30.0 Å². The van der Waals surface area contributed by atoms with Gasteiger partial charge < -0.3 is 19.7 Å². The van der Waals surface area contributed by atoms with E-state index in [-0.39, 0.29) is 23.6 Å². The molecule has 1 amide bonds. The molecule has 1 aromatic carbocycles. The minimum atomic E-state index is -0.336. The molecule has 162 valence electrons. The van der Waals surface area contributed by atoms with Crippen molar-refractivity contribution >= 4 is 27.3 Å². The van der Waals surface area contributed by atoms with Crippen molar-refractivity contribution in [2.45, 2.75) is 38.8 Å². The molecule has 2 aliphatic heterocycles. The topological polar surface area (TPSA) is 98.1 Å². The van der Waals surface area contributed by atoms with Crippen molar-refractivity contribution in [3.63, 3.8) is 0 Å². The number of nitrogens with zero attached hydrogens (tertiary/aromatic N) is 4. The van der Waals surface area contributed by atoms with Crippen LogP contribution in [0.5, 0.6) is 11.5 Å². The molecule has 10 heteroatoms. The lowest BCUT2D eigenvalue weighted by Crippen LogP contribution is -2.44. The number of carbonyl (C=O) groups is 1. The zero-order valence-corrected chi connectivity index (χ0v) is 18.1. The lowest BCUT2D eigenvalue weighted by atomic mass is 10.1. The van der Waals surface area contributed by atoms with Crippen LogP contribution in [0.3, 0.4) is 0 Å². The first kappa shape index (κ1) is 19.8. The van der Waals surface area contributed by atoms with Gasteiger partial charge in [-0.2, -0.15) is 4.52 Å². The van der Waals surface area contributed by atoms with Crippen LogP contribution < -0.4 is 25.2 Å². The van der Waals surface area contributed by atoms with Gasteiger partial charge in [-0.1, -0.05) is 17.4 Å². The number of amides is 1. The van der Waals surface area contributed by atoms with E-state index in [0.29, 0.717) is 41.3 Å². The van der Waals surface area contributed by atoms with Crippen molar-refractivity contribution in [1.29, 1.82) is 0 Å². The summed E-state index contributed by atoms with van der Waals surface area (Å²) in [5.41, 5.74) is 1.40. The maximum atomic E-state index is 13.1. The number of ether oxygens (including phenoxy) is 2. The normalized spacial score (nSPS) is 18.9. The number of nitrogens with one attached hydrogen (secondary N) is 1. The van der Waals surface area contributed by atoms with Crippen molar-refractivity contribution in [1.82, 2.24) is 19.9 Å². The maximum absolute atomic E-state index is 13.1.